The number of hydrogen-bond acceptors (Lipinski definition) is 6. The molecule has 1 fully saturated rings. The molecule has 1 N–H and O–H groups in total. The van der Waals surface area contributed by atoms with Gasteiger partial charge in [0.25, 0.3) is 15.9 Å². The molecule has 0 bridgehead atoms. The molecule has 1 aliphatic heterocycles. The molecule has 0 aliphatic carbocycles. The lowest BCUT2D eigenvalue weighted by molar-refractivity contribution is -0.123. The molecule has 1 aromatic heterocycles. The van der Waals surface area contributed by atoms with Gasteiger partial charge in [0.2, 0.25) is 0 Å². The van der Waals surface area contributed by atoms with E-state index in [-0.39, 0.29) is 18.6 Å². The summed E-state index contributed by atoms with van der Waals surface area (Å²) in [5, 5.41) is 4.59. The van der Waals surface area contributed by atoms with Crippen LogP contribution in [0, 0.1) is 0 Å². The number of thiophene rings is 1. The molecule has 1 saturated heterocycles. The van der Waals surface area contributed by atoms with Crippen LogP contribution in [0.3, 0.4) is 0 Å². The molecular weight excluding hydrogens is 412 g/mol. The Morgan fingerprint density at radius 3 is 2.72 bits per heavy atom. The van der Waals surface area contributed by atoms with Crippen molar-refractivity contribution in [3.05, 3.63) is 41.8 Å². The smallest absolute Gasteiger partial charge is 0.257 e. The van der Waals surface area contributed by atoms with E-state index < -0.39 is 10.0 Å². The summed E-state index contributed by atoms with van der Waals surface area (Å²) in [4.78, 5) is 12.1. The first-order valence-corrected chi connectivity index (χ1v) is 11.9. The second-order valence-corrected chi connectivity index (χ2v) is 9.84. The van der Waals surface area contributed by atoms with Gasteiger partial charge in [-0.05, 0) is 42.8 Å². The van der Waals surface area contributed by atoms with Gasteiger partial charge in [0.05, 0.1) is 7.11 Å². The van der Waals surface area contributed by atoms with Crippen molar-refractivity contribution in [2.75, 3.05) is 26.8 Å². The summed E-state index contributed by atoms with van der Waals surface area (Å²) in [5.41, 5.74) is 0. The third-order valence-corrected chi connectivity index (χ3v) is 8.18. The first-order chi connectivity index (χ1) is 14.0. The monoisotopic (exact) mass is 438 g/mol. The van der Waals surface area contributed by atoms with Crippen LogP contribution < -0.4 is 14.8 Å². The number of ether oxygens (including phenoxy) is 2. The Balaban J connectivity index is 1.50. The quantitative estimate of drug-likeness (QED) is 0.651. The van der Waals surface area contributed by atoms with Crippen molar-refractivity contribution in [1.82, 2.24) is 9.62 Å². The van der Waals surface area contributed by atoms with Gasteiger partial charge in [-0.25, -0.2) is 8.42 Å². The standard InChI is InChI=1S/C20H26N2O5S2/c1-26-17-8-2-3-9-18(17)27-15-19(23)21-12-11-16-7-4-5-13-22(16)29(24,25)20-10-6-14-28-20/h2-3,6,8-10,14,16H,4-5,7,11-13,15H2,1H3,(H,21,23). The molecule has 0 saturated carbocycles. The lowest BCUT2D eigenvalue weighted by Gasteiger charge is -2.34. The summed E-state index contributed by atoms with van der Waals surface area (Å²) in [6, 6.07) is 10.4. The van der Waals surface area contributed by atoms with Gasteiger partial charge >= 0.3 is 0 Å². The Morgan fingerprint density at radius 1 is 1.21 bits per heavy atom. The molecule has 3 rings (SSSR count). The molecule has 2 heterocycles. The zero-order chi connectivity index (χ0) is 20.7. The van der Waals surface area contributed by atoms with Crippen LogP contribution in [0.2, 0.25) is 0 Å². The Hall–Kier alpha value is -2.10. The van der Waals surface area contributed by atoms with Gasteiger partial charge in [-0.1, -0.05) is 24.6 Å². The van der Waals surface area contributed by atoms with E-state index in [1.54, 1.807) is 47.1 Å². The summed E-state index contributed by atoms with van der Waals surface area (Å²) in [5.74, 6) is 0.821. The number of carbonyl (C=O) groups is 1. The maximum absolute atomic E-state index is 12.9. The van der Waals surface area contributed by atoms with Crippen LogP contribution in [0.15, 0.2) is 46.0 Å². The normalized spacial score (nSPS) is 17.6. The van der Waals surface area contributed by atoms with Gasteiger partial charge in [-0.15, -0.1) is 11.3 Å². The van der Waals surface area contributed by atoms with Crippen molar-refractivity contribution < 1.29 is 22.7 Å². The first-order valence-electron chi connectivity index (χ1n) is 9.60. The Kier molecular flexibility index (Phi) is 7.51. The Labute approximate surface area is 175 Å². The van der Waals surface area contributed by atoms with Gasteiger partial charge in [0, 0.05) is 19.1 Å². The molecule has 1 aromatic carbocycles. The number of nitrogens with one attached hydrogen (secondary N) is 1. The van der Waals surface area contributed by atoms with Crippen LogP contribution in [0.4, 0.5) is 0 Å². The highest BCUT2D eigenvalue weighted by Crippen LogP contribution is 2.29. The zero-order valence-electron chi connectivity index (χ0n) is 16.4. The highest BCUT2D eigenvalue weighted by atomic mass is 32.2. The van der Waals surface area contributed by atoms with Gasteiger partial charge < -0.3 is 14.8 Å². The number of amides is 1. The highest BCUT2D eigenvalue weighted by Gasteiger charge is 2.33. The lowest BCUT2D eigenvalue weighted by Crippen LogP contribution is -2.45. The van der Waals surface area contributed by atoms with Crippen molar-refractivity contribution in [2.24, 2.45) is 0 Å². The van der Waals surface area contributed by atoms with Crippen molar-refractivity contribution >= 4 is 27.3 Å². The molecule has 9 heteroatoms. The molecular formula is C20H26N2O5S2. The summed E-state index contributed by atoms with van der Waals surface area (Å²) in [6.45, 7) is 0.799. The van der Waals surface area contributed by atoms with Crippen LogP contribution in [-0.2, 0) is 14.8 Å². The van der Waals surface area contributed by atoms with Crippen LogP contribution in [0.5, 0.6) is 11.5 Å². The molecule has 0 radical (unpaired) electrons. The molecule has 1 atom stereocenters. The van der Waals surface area contributed by atoms with E-state index >= 15 is 0 Å². The average molecular weight is 439 g/mol. The van der Waals surface area contributed by atoms with Gasteiger partial charge in [0.15, 0.2) is 18.1 Å². The van der Waals surface area contributed by atoms with Gasteiger partial charge in [-0.2, -0.15) is 4.31 Å². The zero-order valence-corrected chi connectivity index (χ0v) is 18.0. The third-order valence-electron chi connectivity index (χ3n) is 4.86. The minimum Gasteiger partial charge on any atom is -0.493 e. The molecule has 158 valence electrons. The first kappa shape index (κ1) is 21.6. The number of piperidine rings is 1. The van der Waals surface area contributed by atoms with Crippen LogP contribution in [0.1, 0.15) is 25.7 Å². The molecule has 1 amide bonds. The van der Waals surface area contributed by atoms with Crippen molar-refractivity contribution in [2.45, 2.75) is 35.9 Å². The summed E-state index contributed by atoms with van der Waals surface area (Å²) in [7, 11) is -1.93. The number of nitrogens with zero attached hydrogens (tertiary/aromatic N) is 1. The molecule has 1 unspecified atom stereocenters. The third kappa shape index (κ3) is 5.49. The van der Waals surface area contributed by atoms with Crippen LogP contribution in [-0.4, -0.2) is 51.5 Å². The van der Waals surface area contributed by atoms with E-state index in [4.69, 9.17) is 9.47 Å². The topological polar surface area (TPSA) is 84.9 Å². The highest BCUT2D eigenvalue weighted by molar-refractivity contribution is 7.91. The van der Waals surface area contributed by atoms with Crippen molar-refractivity contribution in [3.63, 3.8) is 0 Å². The fourth-order valence-corrected chi connectivity index (χ4v) is 6.26. The van der Waals surface area contributed by atoms with Crippen LogP contribution >= 0.6 is 11.3 Å². The number of carbonyl (C=O) groups excluding carboxylic acids is 1. The van der Waals surface area contributed by atoms with Gasteiger partial charge in [-0.3, -0.25) is 4.79 Å². The minimum atomic E-state index is -3.47. The van der Waals surface area contributed by atoms with E-state index in [0.717, 1.165) is 19.3 Å². The second-order valence-electron chi connectivity index (χ2n) is 6.78. The van der Waals surface area contributed by atoms with E-state index in [9.17, 15) is 13.2 Å². The van der Waals surface area contributed by atoms with Crippen LogP contribution in [0.25, 0.3) is 0 Å². The summed E-state index contributed by atoms with van der Waals surface area (Å²) >= 11 is 1.24. The molecule has 2 aromatic rings. The van der Waals surface area contributed by atoms with E-state index in [0.29, 0.717) is 35.2 Å². The van der Waals surface area contributed by atoms with Crippen molar-refractivity contribution in [3.8, 4) is 11.5 Å². The summed E-state index contributed by atoms with van der Waals surface area (Å²) in [6.07, 6.45) is 3.23. The lowest BCUT2D eigenvalue weighted by atomic mass is 10.0. The average Bonchev–Trinajstić information content (AvgIpc) is 3.28. The minimum absolute atomic E-state index is 0.105. The predicted octanol–water partition coefficient (Wildman–Crippen LogP) is 2.89. The fraction of sp³-hybridized carbons (Fsp3) is 0.450. The van der Waals surface area contributed by atoms with E-state index in [1.165, 1.54) is 11.3 Å². The number of benzene rings is 1. The number of para-hydroxylation sites is 2. The number of sulfonamides is 1. The largest absolute Gasteiger partial charge is 0.493 e. The van der Waals surface area contributed by atoms with Gasteiger partial charge in [0.1, 0.15) is 4.21 Å². The van der Waals surface area contributed by atoms with Crippen molar-refractivity contribution in [1.29, 1.82) is 0 Å². The number of rotatable bonds is 9. The van der Waals surface area contributed by atoms with E-state index in [1.807, 2.05) is 6.07 Å². The number of hydrogen-bond donors (Lipinski definition) is 1. The Bertz CT molecular complexity index is 899. The fourth-order valence-electron chi connectivity index (χ4n) is 3.42. The molecule has 29 heavy (non-hydrogen) atoms. The molecule has 7 nitrogen and oxygen atoms in total. The second kappa shape index (κ2) is 10.1. The van der Waals surface area contributed by atoms with E-state index in [2.05, 4.69) is 5.32 Å². The Morgan fingerprint density at radius 2 is 2.00 bits per heavy atom. The predicted molar refractivity (Wildman–Crippen MR) is 112 cm³/mol. The summed E-state index contributed by atoms with van der Waals surface area (Å²) < 4.78 is 38.5. The number of methoxy groups -OCH3 is 1. The molecule has 1 aliphatic rings. The maximum atomic E-state index is 12.9. The SMILES string of the molecule is COc1ccccc1OCC(=O)NCCC1CCCCN1S(=O)(=O)c1cccs1. The maximum Gasteiger partial charge on any atom is 0.257 e. The molecule has 0 spiro atoms.